The summed E-state index contributed by atoms with van der Waals surface area (Å²) < 4.78 is 34.1. The monoisotopic (exact) mass is 465 g/mol. The molecular weight excluding hydrogens is 442 g/mol. The lowest BCUT2D eigenvalue weighted by Crippen LogP contribution is -2.30. The van der Waals surface area contributed by atoms with E-state index in [2.05, 4.69) is 9.71 Å². The van der Waals surface area contributed by atoms with E-state index in [1.54, 1.807) is 18.2 Å². The van der Waals surface area contributed by atoms with Crippen LogP contribution in [0.2, 0.25) is 0 Å². The smallest absolute Gasteiger partial charge is 0.280 e. The third kappa shape index (κ3) is 4.50. The van der Waals surface area contributed by atoms with E-state index in [0.717, 1.165) is 10.5 Å². The first-order valence-electron chi connectivity index (χ1n) is 10.3. The van der Waals surface area contributed by atoms with E-state index in [1.807, 2.05) is 37.3 Å². The Balaban J connectivity index is 1.56. The van der Waals surface area contributed by atoms with Gasteiger partial charge in [-0.3, -0.25) is 19.5 Å². The van der Waals surface area contributed by atoms with Crippen molar-refractivity contribution < 1.29 is 22.7 Å². The molecule has 1 N–H and O–H groups in total. The Kier molecular flexibility index (Phi) is 6.26. The number of fused-ring (bicyclic) bond motifs is 1. The van der Waals surface area contributed by atoms with Gasteiger partial charge in [-0.1, -0.05) is 43.3 Å². The second-order valence-corrected chi connectivity index (χ2v) is 9.48. The van der Waals surface area contributed by atoms with Crippen LogP contribution >= 0.6 is 0 Å². The van der Waals surface area contributed by atoms with E-state index < -0.39 is 21.8 Å². The molecule has 1 atom stereocenters. The van der Waals surface area contributed by atoms with Crippen LogP contribution in [0.4, 0.5) is 0 Å². The Labute approximate surface area is 192 Å². The molecule has 170 valence electrons. The van der Waals surface area contributed by atoms with Crippen molar-refractivity contribution in [1.82, 2.24) is 14.6 Å². The highest BCUT2D eigenvalue weighted by Crippen LogP contribution is 2.28. The van der Waals surface area contributed by atoms with Crippen LogP contribution in [0, 0.1) is 0 Å². The van der Waals surface area contributed by atoms with Gasteiger partial charge in [0.15, 0.2) is 0 Å². The van der Waals surface area contributed by atoms with Crippen LogP contribution in [-0.4, -0.2) is 43.8 Å². The van der Waals surface area contributed by atoms with Crippen molar-refractivity contribution >= 4 is 21.8 Å². The lowest BCUT2D eigenvalue weighted by molar-refractivity contribution is 0.0640. The third-order valence-electron chi connectivity index (χ3n) is 5.54. The van der Waals surface area contributed by atoms with Gasteiger partial charge in [0, 0.05) is 12.7 Å². The summed E-state index contributed by atoms with van der Waals surface area (Å²) in [4.78, 5) is 30.2. The number of nitrogens with zero attached hydrogens (tertiary/aromatic N) is 2. The SMILES string of the molecule is COc1ccc(CN2C(=O)c3cccnc3C2=O)cc1S(=O)(=O)NCC(C)c1ccccc1. The first-order valence-corrected chi connectivity index (χ1v) is 11.8. The second kappa shape index (κ2) is 9.13. The molecule has 0 radical (unpaired) electrons. The number of amides is 2. The van der Waals surface area contributed by atoms with E-state index in [0.29, 0.717) is 5.56 Å². The summed E-state index contributed by atoms with van der Waals surface area (Å²) in [6.07, 6.45) is 1.45. The molecule has 9 heteroatoms. The lowest BCUT2D eigenvalue weighted by Gasteiger charge is -2.17. The molecule has 1 unspecified atom stereocenters. The van der Waals surface area contributed by atoms with Crippen LogP contribution < -0.4 is 9.46 Å². The van der Waals surface area contributed by atoms with Crippen LogP contribution in [-0.2, 0) is 16.6 Å². The topological polar surface area (TPSA) is 106 Å². The highest BCUT2D eigenvalue weighted by atomic mass is 32.2. The van der Waals surface area contributed by atoms with Gasteiger partial charge in [-0.2, -0.15) is 0 Å². The van der Waals surface area contributed by atoms with Crippen LogP contribution in [0.5, 0.6) is 5.75 Å². The summed E-state index contributed by atoms with van der Waals surface area (Å²) in [5, 5.41) is 0. The molecule has 0 spiro atoms. The molecule has 4 rings (SSSR count). The predicted octanol–water partition coefficient (Wildman–Crippen LogP) is 2.97. The van der Waals surface area contributed by atoms with Crippen LogP contribution in [0.1, 0.15) is 44.8 Å². The minimum atomic E-state index is -3.92. The Morgan fingerprint density at radius 1 is 1.03 bits per heavy atom. The number of ether oxygens (including phenoxy) is 1. The van der Waals surface area contributed by atoms with E-state index in [1.165, 1.54) is 25.4 Å². The van der Waals surface area contributed by atoms with E-state index in [4.69, 9.17) is 4.74 Å². The molecule has 0 bridgehead atoms. The number of hydrogen-bond acceptors (Lipinski definition) is 6. The average molecular weight is 466 g/mol. The molecule has 1 aromatic heterocycles. The number of benzene rings is 2. The van der Waals surface area contributed by atoms with Crippen molar-refractivity contribution in [2.75, 3.05) is 13.7 Å². The van der Waals surface area contributed by atoms with Crippen molar-refractivity contribution in [2.24, 2.45) is 0 Å². The number of sulfonamides is 1. The quantitative estimate of drug-likeness (QED) is 0.513. The number of imide groups is 1. The number of aromatic nitrogens is 1. The third-order valence-corrected chi connectivity index (χ3v) is 6.98. The van der Waals surface area contributed by atoms with Crippen LogP contribution in [0.3, 0.4) is 0 Å². The van der Waals surface area contributed by atoms with Gasteiger partial charge in [0.1, 0.15) is 16.3 Å². The zero-order chi connectivity index (χ0) is 23.6. The zero-order valence-electron chi connectivity index (χ0n) is 18.2. The normalized spacial score (nSPS) is 14.3. The molecule has 0 fully saturated rings. The van der Waals surface area contributed by atoms with Gasteiger partial charge in [0.25, 0.3) is 11.8 Å². The molecule has 33 heavy (non-hydrogen) atoms. The van der Waals surface area contributed by atoms with Crippen molar-refractivity contribution in [3.8, 4) is 5.75 Å². The Hall–Kier alpha value is -3.56. The van der Waals surface area contributed by atoms with Crippen molar-refractivity contribution in [3.63, 3.8) is 0 Å². The van der Waals surface area contributed by atoms with Gasteiger partial charge in [-0.05, 0) is 41.3 Å². The Bertz CT molecular complexity index is 1270. The molecular formula is C24H23N3O5S. The molecule has 0 saturated heterocycles. The highest BCUT2D eigenvalue weighted by molar-refractivity contribution is 7.89. The number of hydrogen-bond donors (Lipinski definition) is 1. The minimum Gasteiger partial charge on any atom is -0.495 e. The van der Waals surface area contributed by atoms with Gasteiger partial charge in [0.2, 0.25) is 10.0 Å². The molecule has 2 heterocycles. The Morgan fingerprint density at radius 3 is 2.48 bits per heavy atom. The van der Waals surface area contributed by atoms with Crippen molar-refractivity contribution in [1.29, 1.82) is 0 Å². The summed E-state index contributed by atoms with van der Waals surface area (Å²) in [7, 11) is -2.53. The number of nitrogens with one attached hydrogen (secondary N) is 1. The predicted molar refractivity (Wildman–Crippen MR) is 121 cm³/mol. The molecule has 1 aliphatic heterocycles. The number of methoxy groups -OCH3 is 1. The maximum atomic E-state index is 13.1. The van der Waals surface area contributed by atoms with Gasteiger partial charge < -0.3 is 4.74 Å². The van der Waals surface area contributed by atoms with Gasteiger partial charge in [-0.15, -0.1) is 0 Å². The maximum absolute atomic E-state index is 13.1. The highest BCUT2D eigenvalue weighted by Gasteiger charge is 2.36. The zero-order valence-corrected chi connectivity index (χ0v) is 19.0. The van der Waals surface area contributed by atoms with E-state index >= 15 is 0 Å². The van der Waals surface area contributed by atoms with E-state index in [-0.39, 0.29) is 40.9 Å². The van der Waals surface area contributed by atoms with E-state index in [9.17, 15) is 18.0 Å². The molecule has 3 aromatic rings. The second-order valence-electron chi connectivity index (χ2n) is 7.74. The fourth-order valence-corrected chi connectivity index (χ4v) is 5.03. The lowest BCUT2D eigenvalue weighted by atomic mass is 10.0. The number of carbonyl (C=O) groups excluding carboxylic acids is 2. The average Bonchev–Trinajstić information content (AvgIpc) is 3.08. The summed E-state index contributed by atoms with van der Waals surface area (Å²) in [5.41, 5.74) is 1.82. The first kappa shape index (κ1) is 22.6. The molecule has 2 amide bonds. The minimum absolute atomic E-state index is 0.0407. The van der Waals surface area contributed by atoms with Crippen molar-refractivity contribution in [2.45, 2.75) is 24.3 Å². The molecule has 1 aliphatic rings. The molecule has 2 aromatic carbocycles. The number of carbonyl (C=O) groups is 2. The standard InChI is InChI=1S/C24H23N3O5S/c1-16(18-7-4-3-5-8-18)14-26-33(30,31)21-13-17(10-11-20(21)32-2)15-27-23(28)19-9-6-12-25-22(19)24(27)29/h3-13,16,26H,14-15H2,1-2H3. The Morgan fingerprint density at radius 2 is 1.79 bits per heavy atom. The number of rotatable bonds is 8. The summed E-state index contributed by atoms with van der Waals surface area (Å²) in [6, 6.07) is 17.3. The largest absolute Gasteiger partial charge is 0.495 e. The molecule has 0 saturated carbocycles. The van der Waals surface area contributed by atoms with Gasteiger partial charge in [0.05, 0.1) is 19.2 Å². The summed E-state index contributed by atoms with van der Waals surface area (Å²) in [5.74, 6) is -0.840. The fourth-order valence-electron chi connectivity index (χ4n) is 3.68. The fraction of sp³-hybridized carbons (Fsp3) is 0.208. The first-order chi connectivity index (χ1) is 15.8. The van der Waals surface area contributed by atoms with Crippen LogP contribution in [0.15, 0.2) is 71.8 Å². The summed E-state index contributed by atoms with van der Waals surface area (Å²) >= 11 is 0. The summed E-state index contributed by atoms with van der Waals surface area (Å²) in [6.45, 7) is 2.05. The maximum Gasteiger partial charge on any atom is 0.280 e. The van der Waals surface area contributed by atoms with Gasteiger partial charge >= 0.3 is 0 Å². The number of pyridine rings is 1. The van der Waals surface area contributed by atoms with Gasteiger partial charge in [-0.25, -0.2) is 13.1 Å². The van der Waals surface area contributed by atoms with Crippen LogP contribution in [0.25, 0.3) is 0 Å². The molecule has 8 nitrogen and oxygen atoms in total. The molecule has 0 aliphatic carbocycles. The van der Waals surface area contributed by atoms with Crippen molar-refractivity contribution in [3.05, 3.63) is 89.2 Å².